The smallest absolute Gasteiger partial charge is 0.183 e. The molecule has 6 heteroatoms. The number of hydrogen-bond donors (Lipinski definition) is 1. The third-order valence-corrected chi connectivity index (χ3v) is 3.47. The number of sulfone groups is 1. The van der Waals surface area contributed by atoms with Gasteiger partial charge in [0, 0.05) is 17.4 Å². The van der Waals surface area contributed by atoms with Gasteiger partial charge in [-0.2, -0.15) is 0 Å². The minimum atomic E-state index is -3.62. The molecule has 0 saturated carbocycles. The van der Waals surface area contributed by atoms with Gasteiger partial charge >= 0.3 is 0 Å². The van der Waals surface area contributed by atoms with Gasteiger partial charge in [-0.15, -0.1) is 0 Å². The summed E-state index contributed by atoms with van der Waals surface area (Å²) in [5, 5.41) is 0. The van der Waals surface area contributed by atoms with E-state index in [0.717, 1.165) is 6.26 Å². The van der Waals surface area contributed by atoms with Crippen LogP contribution in [0.5, 0.6) is 5.75 Å². The first-order chi connectivity index (χ1) is 7.59. The van der Waals surface area contributed by atoms with Crippen LogP contribution >= 0.6 is 0 Å². The second kappa shape index (κ2) is 4.27. The van der Waals surface area contributed by atoms with Gasteiger partial charge < -0.3 is 10.5 Å². The van der Waals surface area contributed by atoms with Gasteiger partial charge in [0.05, 0.1) is 7.11 Å². The van der Waals surface area contributed by atoms with E-state index in [0.29, 0.717) is 5.56 Å². The number of benzene rings is 1. The molecule has 0 atom stereocenters. The Morgan fingerprint density at radius 2 is 1.88 bits per heavy atom. The number of halogens is 1. The van der Waals surface area contributed by atoms with Crippen molar-refractivity contribution in [3.05, 3.63) is 23.5 Å². The van der Waals surface area contributed by atoms with Crippen LogP contribution in [0.15, 0.2) is 17.0 Å². The van der Waals surface area contributed by atoms with Gasteiger partial charge in [-0.25, -0.2) is 12.8 Å². The van der Waals surface area contributed by atoms with Crippen molar-refractivity contribution in [3.63, 3.8) is 0 Å². The Hall–Kier alpha value is -1.14. The van der Waals surface area contributed by atoms with Crippen LogP contribution in [0.1, 0.15) is 19.4 Å². The molecular weight excluding hydrogens is 245 g/mol. The Kier molecular flexibility index (Phi) is 3.50. The molecule has 17 heavy (non-hydrogen) atoms. The molecule has 0 aliphatic heterocycles. The standard InChI is InChI=1S/C11H16FNO3S/c1-11(2,13)7-5-6-8(17(4,14)15)9(12)10(7)16-3/h5-6H,13H2,1-4H3. The van der Waals surface area contributed by atoms with Crippen LogP contribution in [0.25, 0.3) is 0 Å². The monoisotopic (exact) mass is 261 g/mol. The molecule has 0 aromatic heterocycles. The lowest BCUT2D eigenvalue weighted by molar-refractivity contribution is 0.362. The van der Waals surface area contributed by atoms with Crippen molar-refractivity contribution < 1.29 is 17.5 Å². The van der Waals surface area contributed by atoms with E-state index >= 15 is 0 Å². The molecule has 2 N–H and O–H groups in total. The normalized spacial score (nSPS) is 12.6. The lowest BCUT2D eigenvalue weighted by atomic mass is 9.94. The Labute approximate surface area is 101 Å². The molecule has 0 bridgehead atoms. The maximum Gasteiger partial charge on any atom is 0.183 e. The van der Waals surface area contributed by atoms with Crippen LogP contribution in [0.3, 0.4) is 0 Å². The second-order valence-electron chi connectivity index (χ2n) is 4.45. The topological polar surface area (TPSA) is 69.4 Å². The second-order valence-corrected chi connectivity index (χ2v) is 6.44. The van der Waals surface area contributed by atoms with Crippen molar-refractivity contribution in [1.29, 1.82) is 0 Å². The first-order valence-electron chi connectivity index (χ1n) is 4.95. The van der Waals surface area contributed by atoms with Crippen LogP contribution in [0, 0.1) is 5.82 Å². The quantitative estimate of drug-likeness (QED) is 0.893. The molecule has 0 aliphatic rings. The van der Waals surface area contributed by atoms with Crippen molar-refractivity contribution in [3.8, 4) is 5.75 Å². The predicted molar refractivity (Wildman–Crippen MR) is 63.3 cm³/mol. The molecule has 4 nitrogen and oxygen atoms in total. The van der Waals surface area contributed by atoms with E-state index < -0.39 is 21.2 Å². The van der Waals surface area contributed by atoms with Gasteiger partial charge in [-0.1, -0.05) is 6.07 Å². The number of rotatable bonds is 3. The van der Waals surface area contributed by atoms with E-state index in [2.05, 4.69) is 0 Å². The lowest BCUT2D eigenvalue weighted by Crippen LogP contribution is -2.29. The minimum Gasteiger partial charge on any atom is -0.493 e. The molecule has 96 valence electrons. The Morgan fingerprint density at radius 1 is 1.35 bits per heavy atom. The van der Waals surface area contributed by atoms with E-state index in [1.807, 2.05) is 0 Å². The van der Waals surface area contributed by atoms with Gasteiger partial charge in [0.15, 0.2) is 21.4 Å². The summed E-state index contributed by atoms with van der Waals surface area (Å²) in [6.45, 7) is 3.37. The van der Waals surface area contributed by atoms with E-state index in [1.165, 1.54) is 19.2 Å². The van der Waals surface area contributed by atoms with Gasteiger partial charge in [-0.05, 0) is 19.9 Å². The number of nitrogens with two attached hydrogens (primary N) is 1. The molecule has 0 aliphatic carbocycles. The average Bonchev–Trinajstić information content (AvgIpc) is 2.13. The maximum atomic E-state index is 14.0. The molecule has 0 spiro atoms. The summed E-state index contributed by atoms with van der Waals surface area (Å²) < 4.78 is 41.6. The molecule has 1 rings (SSSR count). The van der Waals surface area contributed by atoms with E-state index in [4.69, 9.17) is 10.5 Å². The van der Waals surface area contributed by atoms with Crippen molar-refractivity contribution >= 4 is 9.84 Å². The fraction of sp³-hybridized carbons (Fsp3) is 0.455. The summed E-state index contributed by atoms with van der Waals surface area (Å²) in [5.41, 5.74) is 5.47. The zero-order valence-electron chi connectivity index (χ0n) is 10.2. The first kappa shape index (κ1) is 13.9. The molecule has 0 unspecified atom stereocenters. The molecule has 0 amide bonds. The first-order valence-corrected chi connectivity index (χ1v) is 6.84. The lowest BCUT2D eigenvalue weighted by Gasteiger charge is -2.23. The van der Waals surface area contributed by atoms with Crippen LogP contribution in [-0.4, -0.2) is 21.8 Å². The molecule has 0 saturated heterocycles. The number of hydrogen-bond acceptors (Lipinski definition) is 4. The zero-order valence-corrected chi connectivity index (χ0v) is 11.1. The molecule has 0 fully saturated rings. The number of methoxy groups -OCH3 is 1. The van der Waals surface area contributed by atoms with E-state index in [1.54, 1.807) is 13.8 Å². The molecular formula is C11H16FNO3S. The van der Waals surface area contributed by atoms with Crippen LogP contribution in [-0.2, 0) is 15.4 Å². The SMILES string of the molecule is COc1c(C(C)(C)N)ccc(S(C)(=O)=O)c1F. The summed E-state index contributed by atoms with van der Waals surface area (Å²) >= 11 is 0. The summed E-state index contributed by atoms with van der Waals surface area (Å²) in [6, 6.07) is 2.68. The minimum absolute atomic E-state index is 0.125. The fourth-order valence-corrected chi connectivity index (χ4v) is 2.26. The summed E-state index contributed by atoms with van der Waals surface area (Å²) in [7, 11) is -2.35. The van der Waals surface area contributed by atoms with Gasteiger partial charge in [0.2, 0.25) is 0 Å². The van der Waals surface area contributed by atoms with Crippen molar-refractivity contribution in [1.82, 2.24) is 0 Å². The summed E-state index contributed by atoms with van der Waals surface area (Å²) in [5.74, 6) is -1.02. The van der Waals surface area contributed by atoms with Crippen LogP contribution in [0.4, 0.5) is 4.39 Å². The van der Waals surface area contributed by atoms with Crippen molar-refractivity contribution in [2.45, 2.75) is 24.3 Å². The number of ether oxygens (including phenoxy) is 1. The predicted octanol–water partition coefficient (Wildman–Crippen LogP) is 1.43. The molecule has 0 radical (unpaired) electrons. The van der Waals surface area contributed by atoms with Crippen molar-refractivity contribution in [2.24, 2.45) is 5.73 Å². The van der Waals surface area contributed by atoms with Crippen LogP contribution < -0.4 is 10.5 Å². The highest BCUT2D eigenvalue weighted by Crippen LogP contribution is 2.33. The Morgan fingerprint density at radius 3 is 2.24 bits per heavy atom. The van der Waals surface area contributed by atoms with Gasteiger partial charge in [0.25, 0.3) is 0 Å². The largest absolute Gasteiger partial charge is 0.493 e. The highest BCUT2D eigenvalue weighted by atomic mass is 32.2. The van der Waals surface area contributed by atoms with Gasteiger partial charge in [-0.3, -0.25) is 0 Å². The Balaban J connectivity index is 3.60. The average molecular weight is 261 g/mol. The van der Waals surface area contributed by atoms with E-state index in [-0.39, 0.29) is 10.6 Å². The van der Waals surface area contributed by atoms with Crippen LogP contribution in [0.2, 0.25) is 0 Å². The molecule has 1 aromatic carbocycles. The molecule has 0 heterocycles. The highest BCUT2D eigenvalue weighted by Gasteiger charge is 2.26. The fourth-order valence-electron chi connectivity index (χ4n) is 1.53. The summed E-state index contributed by atoms with van der Waals surface area (Å²) in [4.78, 5) is -0.387. The summed E-state index contributed by atoms with van der Waals surface area (Å²) in [6.07, 6.45) is 0.943. The van der Waals surface area contributed by atoms with E-state index in [9.17, 15) is 12.8 Å². The highest BCUT2D eigenvalue weighted by molar-refractivity contribution is 7.90. The molecule has 1 aromatic rings. The Bertz CT molecular complexity index is 532. The third kappa shape index (κ3) is 2.76. The van der Waals surface area contributed by atoms with Crippen molar-refractivity contribution in [2.75, 3.05) is 13.4 Å². The zero-order chi connectivity index (χ0) is 13.4. The third-order valence-electron chi connectivity index (χ3n) is 2.36. The van der Waals surface area contributed by atoms with Gasteiger partial charge in [0.1, 0.15) is 4.90 Å². The maximum absolute atomic E-state index is 14.0.